The third kappa shape index (κ3) is 3.79. The summed E-state index contributed by atoms with van der Waals surface area (Å²) in [6.45, 7) is 0.692. The number of aromatic nitrogens is 2. The number of hydrogen-bond acceptors (Lipinski definition) is 2. The standard InChI is InChI=1S/C21H21N3O/c25-21(23(19-11-12-19)15-17-7-3-1-4-8-17)13-18-14-22-24(16-18)20-9-5-2-6-10-20/h1-10,14,16,19H,11-13,15H2. The van der Waals surface area contributed by atoms with Crippen LogP contribution in [0.5, 0.6) is 0 Å². The smallest absolute Gasteiger partial charge is 0.227 e. The Labute approximate surface area is 147 Å². The molecule has 0 bridgehead atoms. The van der Waals surface area contributed by atoms with E-state index < -0.39 is 0 Å². The zero-order valence-electron chi connectivity index (χ0n) is 14.1. The van der Waals surface area contributed by atoms with Gasteiger partial charge < -0.3 is 4.90 Å². The number of hydrogen-bond donors (Lipinski definition) is 0. The van der Waals surface area contributed by atoms with Gasteiger partial charge in [0, 0.05) is 18.8 Å². The van der Waals surface area contributed by atoms with Crippen LogP contribution in [0.3, 0.4) is 0 Å². The molecule has 4 heteroatoms. The van der Waals surface area contributed by atoms with Crippen molar-refractivity contribution < 1.29 is 4.79 Å². The number of amides is 1. The number of carbonyl (C=O) groups excluding carboxylic acids is 1. The molecule has 25 heavy (non-hydrogen) atoms. The first-order chi connectivity index (χ1) is 12.3. The van der Waals surface area contributed by atoms with Crippen molar-refractivity contribution in [1.82, 2.24) is 14.7 Å². The maximum absolute atomic E-state index is 12.8. The molecule has 2 aromatic carbocycles. The van der Waals surface area contributed by atoms with E-state index in [1.165, 1.54) is 5.56 Å². The van der Waals surface area contributed by atoms with Gasteiger partial charge in [0.1, 0.15) is 0 Å². The fraction of sp³-hybridized carbons (Fsp3) is 0.238. The first kappa shape index (κ1) is 15.6. The van der Waals surface area contributed by atoms with Gasteiger partial charge in [0.25, 0.3) is 0 Å². The van der Waals surface area contributed by atoms with Crippen molar-refractivity contribution >= 4 is 5.91 Å². The normalized spacial score (nSPS) is 13.6. The SMILES string of the molecule is O=C(Cc1cnn(-c2ccccc2)c1)N(Cc1ccccc1)C1CC1. The molecule has 0 saturated heterocycles. The van der Waals surface area contributed by atoms with E-state index in [2.05, 4.69) is 17.2 Å². The van der Waals surface area contributed by atoms with Gasteiger partial charge in [0.15, 0.2) is 0 Å². The van der Waals surface area contributed by atoms with Gasteiger partial charge in [-0.05, 0) is 36.1 Å². The van der Waals surface area contributed by atoms with Crippen molar-refractivity contribution in [3.05, 3.63) is 84.2 Å². The van der Waals surface area contributed by atoms with Crippen molar-refractivity contribution in [1.29, 1.82) is 0 Å². The van der Waals surface area contributed by atoms with E-state index in [-0.39, 0.29) is 5.91 Å². The van der Waals surface area contributed by atoms with Gasteiger partial charge in [-0.2, -0.15) is 5.10 Å². The molecule has 1 amide bonds. The van der Waals surface area contributed by atoms with E-state index in [1.54, 1.807) is 6.20 Å². The Morgan fingerprint density at radius 2 is 1.68 bits per heavy atom. The van der Waals surface area contributed by atoms with Gasteiger partial charge in [-0.25, -0.2) is 4.68 Å². The van der Waals surface area contributed by atoms with E-state index in [1.807, 2.05) is 64.3 Å². The second-order valence-electron chi connectivity index (χ2n) is 6.54. The lowest BCUT2D eigenvalue weighted by Crippen LogP contribution is -2.33. The van der Waals surface area contributed by atoms with Crippen molar-refractivity contribution in [2.45, 2.75) is 31.8 Å². The second-order valence-corrected chi connectivity index (χ2v) is 6.54. The Balaban J connectivity index is 1.46. The van der Waals surface area contributed by atoms with E-state index in [0.717, 1.165) is 24.1 Å². The number of benzene rings is 2. The number of rotatable bonds is 6. The fourth-order valence-electron chi connectivity index (χ4n) is 3.04. The number of para-hydroxylation sites is 1. The van der Waals surface area contributed by atoms with E-state index >= 15 is 0 Å². The highest BCUT2D eigenvalue weighted by molar-refractivity contribution is 5.79. The third-order valence-corrected chi connectivity index (χ3v) is 4.52. The van der Waals surface area contributed by atoms with Gasteiger partial charge >= 0.3 is 0 Å². The van der Waals surface area contributed by atoms with Crippen LogP contribution < -0.4 is 0 Å². The Hall–Kier alpha value is -2.88. The Morgan fingerprint density at radius 3 is 2.36 bits per heavy atom. The molecule has 0 unspecified atom stereocenters. The molecular formula is C21H21N3O. The fourth-order valence-corrected chi connectivity index (χ4v) is 3.04. The van der Waals surface area contributed by atoms with Crippen molar-refractivity contribution in [2.24, 2.45) is 0 Å². The molecule has 1 saturated carbocycles. The summed E-state index contributed by atoms with van der Waals surface area (Å²) in [6.07, 6.45) is 6.36. The molecule has 0 spiro atoms. The average Bonchev–Trinajstić information content (AvgIpc) is 3.39. The predicted octanol–water partition coefficient (Wildman–Crippen LogP) is 3.61. The Bertz CT molecular complexity index is 838. The van der Waals surface area contributed by atoms with E-state index in [0.29, 0.717) is 19.0 Å². The third-order valence-electron chi connectivity index (χ3n) is 4.52. The quantitative estimate of drug-likeness (QED) is 0.692. The summed E-state index contributed by atoms with van der Waals surface area (Å²) < 4.78 is 1.82. The first-order valence-corrected chi connectivity index (χ1v) is 8.72. The number of carbonyl (C=O) groups is 1. The Kier molecular flexibility index (Phi) is 4.34. The molecule has 3 aromatic rings. The maximum Gasteiger partial charge on any atom is 0.227 e. The van der Waals surface area contributed by atoms with Gasteiger partial charge in [0.05, 0.1) is 18.3 Å². The van der Waals surface area contributed by atoms with Crippen LogP contribution in [0.25, 0.3) is 5.69 Å². The topological polar surface area (TPSA) is 38.1 Å². The largest absolute Gasteiger partial charge is 0.335 e. The van der Waals surface area contributed by atoms with Crippen LogP contribution in [-0.2, 0) is 17.8 Å². The summed E-state index contributed by atoms with van der Waals surface area (Å²) in [5, 5.41) is 4.39. The summed E-state index contributed by atoms with van der Waals surface area (Å²) in [4.78, 5) is 14.9. The van der Waals surface area contributed by atoms with Gasteiger partial charge in [-0.15, -0.1) is 0 Å². The first-order valence-electron chi connectivity index (χ1n) is 8.72. The average molecular weight is 331 g/mol. The van der Waals surface area contributed by atoms with Gasteiger partial charge in [-0.3, -0.25) is 4.79 Å². The molecule has 1 aromatic heterocycles. The highest BCUT2D eigenvalue weighted by Crippen LogP contribution is 2.29. The van der Waals surface area contributed by atoms with E-state index in [9.17, 15) is 4.79 Å². The summed E-state index contributed by atoms with van der Waals surface area (Å²) in [6, 6.07) is 20.6. The van der Waals surface area contributed by atoms with Crippen LogP contribution in [0.1, 0.15) is 24.0 Å². The van der Waals surface area contributed by atoms with Gasteiger partial charge in [-0.1, -0.05) is 48.5 Å². The minimum atomic E-state index is 0.180. The van der Waals surface area contributed by atoms with Crippen LogP contribution in [0.2, 0.25) is 0 Å². The van der Waals surface area contributed by atoms with Crippen LogP contribution in [0, 0.1) is 0 Å². The zero-order chi connectivity index (χ0) is 17.1. The molecule has 1 heterocycles. The molecule has 4 nitrogen and oxygen atoms in total. The molecule has 1 aliphatic rings. The maximum atomic E-state index is 12.8. The van der Waals surface area contributed by atoms with Crippen LogP contribution in [-0.4, -0.2) is 26.6 Å². The van der Waals surface area contributed by atoms with Crippen LogP contribution in [0.4, 0.5) is 0 Å². The molecule has 0 atom stereocenters. The summed E-state index contributed by atoms with van der Waals surface area (Å²) >= 11 is 0. The molecule has 0 aliphatic heterocycles. The second kappa shape index (κ2) is 6.93. The molecule has 0 radical (unpaired) electrons. The van der Waals surface area contributed by atoms with E-state index in [4.69, 9.17) is 0 Å². The van der Waals surface area contributed by atoms with Crippen LogP contribution in [0.15, 0.2) is 73.1 Å². The predicted molar refractivity (Wildman–Crippen MR) is 97.3 cm³/mol. The molecule has 1 aliphatic carbocycles. The Morgan fingerprint density at radius 1 is 1.00 bits per heavy atom. The number of nitrogens with zero attached hydrogens (tertiary/aromatic N) is 3. The summed E-state index contributed by atoms with van der Waals surface area (Å²) in [7, 11) is 0. The molecular weight excluding hydrogens is 310 g/mol. The van der Waals surface area contributed by atoms with Crippen molar-refractivity contribution in [2.75, 3.05) is 0 Å². The molecule has 4 rings (SSSR count). The molecule has 126 valence electrons. The monoisotopic (exact) mass is 331 g/mol. The molecule has 1 fully saturated rings. The summed E-state index contributed by atoms with van der Waals surface area (Å²) in [5.74, 6) is 0.180. The van der Waals surface area contributed by atoms with Gasteiger partial charge in [0.2, 0.25) is 5.91 Å². The lowest BCUT2D eigenvalue weighted by molar-refractivity contribution is -0.131. The minimum absolute atomic E-state index is 0.180. The minimum Gasteiger partial charge on any atom is -0.335 e. The highest BCUT2D eigenvalue weighted by atomic mass is 16.2. The van der Waals surface area contributed by atoms with Crippen molar-refractivity contribution in [3.63, 3.8) is 0 Å². The lowest BCUT2D eigenvalue weighted by atomic mass is 10.2. The lowest BCUT2D eigenvalue weighted by Gasteiger charge is -2.22. The van der Waals surface area contributed by atoms with Crippen molar-refractivity contribution in [3.8, 4) is 5.69 Å². The highest BCUT2D eigenvalue weighted by Gasteiger charge is 2.32. The zero-order valence-corrected chi connectivity index (χ0v) is 14.1. The molecule has 0 N–H and O–H groups in total. The van der Waals surface area contributed by atoms with Crippen LogP contribution >= 0.6 is 0 Å². The summed E-state index contributed by atoms with van der Waals surface area (Å²) in [5.41, 5.74) is 3.14.